The van der Waals surface area contributed by atoms with E-state index in [-0.39, 0.29) is 29.1 Å². The third-order valence-corrected chi connectivity index (χ3v) is 4.82. The number of amides is 1. The van der Waals surface area contributed by atoms with Crippen molar-refractivity contribution in [1.82, 2.24) is 25.4 Å². The van der Waals surface area contributed by atoms with E-state index in [4.69, 9.17) is 0 Å². The van der Waals surface area contributed by atoms with Gasteiger partial charge in [0.25, 0.3) is 5.91 Å². The average molecular weight is 373 g/mol. The van der Waals surface area contributed by atoms with E-state index < -0.39 is 0 Å². The number of piperidine rings is 1. The Labute approximate surface area is 158 Å². The maximum atomic E-state index is 12.3. The zero-order chi connectivity index (χ0) is 19.2. The number of nitrogens with one attached hydrogen (secondary N) is 2. The number of aromatic hydroxyl groups is 2. The summed E-state index contributed by atoms with van der Waals surface area (Å²) in [5, 5.41) is 29.5. The molecule has 146 valence electrons. The van der Waals surface area contributed by atoms with E-state index >= 15 is 0 Å². The fourth-order valence-corrected chi connectivity index (χ4v) is 3.35. The van der Waals surface area contributed by atoms with Gasteiger partial charge in [0, 0.05) is 19.2 Å². The van der Waals surface area contributed by atoms with Crippen molar-refractivity contribution in [1.29, 1.82) is 0 Å². The number of benzene rings is 1. The van der Waals surface area contributed by atoms with Gasteiger partial charge in [0.05, 0.1) is 5.56 Å². The molecule has 1 saturated heterocycles. The van der Waals surface area contributed by atoms with E-state index in [1.54, 1.807) is 6.07 Å². The molecule has 0 atom stereocenters. The van der Waals surface area contributed by atoms with Crippen LogP contribution in [0.2, 0.25) is 0 Å². The van der Waals surface area contributed by atoms with Crippen LogP contribution in [0.15, 0.2) is 12.1 Å². The summed E-state index contributed by atoms with van der Waals surface area (Å²) in [6, 6.07) is 2.95. The van der Waals surface area contributed by atoms with Crippen molar-refractivity contribution in [2.75, 3.05) is 26.2 Å². The standard InChI is InChI=1S/C19H27N5O3/c1-2-6-13-11-14(16(26)12-15(13)25)17-21-18(23-22-17)19(27)20-7-10-24-8-4-3-5-9-24/h11-12,25-26H,2-10H2,1H3,(H,20,27)(H,21,22,23). The van der Waals surface area contributed by atoms with Gasteiger partial charge in [-0.05, 0) is 44.0 Å². The summed E-state index contributed by atoms with van der Waals surface area (Å²) >= 11 is 0. The van der Waals surface area contributed by atoms with Crippen LogP contribution in [-0.2, 0) is 6.42 Å². The third kappa shape index (κ3) is 4.77. The van der Waals surface area contributed by atoms with Crippen molar-refractivity contribution in [3.05, 3.63) is 23.5 Å². The highest BCUT2D eigenvalue weighted by molar-refractivity contribution is 5.90. The Balaban J connectivity index is 1.63. The topological polar surface area (TPSA) is 114 Å². The molecular formula is C19H27N5O3. The van der Waals surface area contributed by atoms with Gasteiger partial charge in [-0.25, -0.2) is 4.98 Å². The summed E-state index contributed by atoms with van der Waals surface area (Å²) in [6.45, 7) is 5.56. The van der Waals surface area contributed by atoms with Gasteiger partial charge in [0.15, 0.2) is 5.82 Å². The Bertz CT molecular complexity index is 784. The minimum atomic E-state index is -0.321. The summed E-state index contributed by atoms with van der Waals surface area (Å²) in [6.07, 6.45) is 5.25. The molecule has 0 saturated carbocycles. The molecule has 1 amide bonds. The number of rotatable bonds is 7. The van der Waals surface area contributed by atoms with Crippen LogP contribution < -0.4 is 5.32 Å². The van der Waals surface area contributed by atoms with Gasteiger partial charge in [0.1, 0.15) is 11.5 Å². The van der Waals surface area contributed by atoms with E-state index in [9.17, 15) is 15.0 Å². The molecule has 0 spiro atoms. The fraction of sp³-hybridized carbons (Fsp3) is 0.526. The summed E-state index contributed by atoms with van der Waals surface area (Å²) < 4.78 is 0. The number of phenols is 2. The molecule has 0 radical (unpaired) electrons. The lowest BCUT2D eigenvalue weighted by atomic mass is 10.0. The minimum Gasteiger partial charge on any atom is -0.508 e. The lowest BCUT2D eigenvalue weighted by Gasteiger charge is -2.26. The first kappa shape index (κ1) is 19.2. The van der Waals surface area contributed by atoms with Crippen LogP contribution in [0.5, 0.6) is 11.5 Å². The van der Waals surface area contributed by atoms with E-state index in [1.165, 1.54) is 25.3 Å². The summed E-state index contributed by atoms with van der Waals surface area (Å²) in [5.41, 5.74) is 1.10. The lowest BCUT2D eigenvalue weighted by Crippen LogP contribution is -2.37. The maximum absolute atomic E-state index is 12.3. The summed E-state index contributed by atoms with van der Waals surface area (Å²) in [4.78, 5) is 18.8. The molecule has 0 aliphatic carbocycles. The van der Waals surface area contributed by atoms with Crippen LogP contribution in [0.4, 0.5) is 0 Å². The molecule has 3 rings (SSSR count). The lowest BCUT2D eigenvalue weighted by molar-refractivity contribution is 0.0936. The quantitative estimate of drug-likeness (QED) is 0.591. The molecule has 0 bridgehead atoms. The van der Waals surface area contributed by atoms with Gasteiger partial charge in [-0.2, -0.15) is 5.10 Å². The first-order chi connectivity index (χ1) is 13.1. The van der Waals surface area contributed by atoms with Crippen LogP contribution >= 0.6 is 0 Å². The number of hydrogen-bond donors (Lipinski definition) is 4. The van der Waals surface area contributed by atoms with Crippen LogP contribution in [0.3, 0.4) is 0 Å². The molecule has 1 aromatic heterocycles. The Morgan fingerprint density at radius 1 is 1.22 bits per heavy atom. The second kappa shape index (κ2) is 8.85. The van der Waals surface area contributed by atoms with Gasteiger partial charge in [0.2, 0.25) is 5.82 Å². The number of H-pyrrole nitrogens is 1. The molecule has 2 aromatic rings. The fourth-order valence-electron chi connectivity index (χ4n) is 3.35. The van der Waals surface area contributed by atoms with Gasteiger partial charge in [-0.15, -0.1) is 0 Å². The number of hydrogen-bond acceptors (Lipinski definition) is 6. The molecular weight excluding hydrogens is 346 g/mol. The maximum Gasteiger partial charge on any atom is 0.288 e. The molecule has 0 unspecified atom stereocenters. The first-order valence-electron chi connectivity index (χ1n) is 9.56. The van der Waals surface area contributed by atoms with Gasteiger partial charge >= 0.3 is 0 Å². The van der Waals surface area contributed by atoms with Crippen molar-refractivity contribution >= 4 is 5.91 Å². The highest BCUT2D eigenvalue weighted by Crippen LogP contribution is 2.33. The summed E-state index contributed by atoms with van der Waals surface area (Å²) in [7, 11) is 0. The smallest absolute Gasteiger partial charge is 0.288 e. The number of likely N-dealkylation sites (tertiary alicyclic amines) is 1. The molecule has 1 fully saturated rings. The molecule has 8 heteroatoms. The number of aryl methyl sites for hydroxylation is 1. The zero-order valence-electron chi connectivity index (χ0n) is 15.7. The van der Waals surface area contributed by atoms with Gasteiger partial charge < -0.3 is 20.4 Å². The monoisotopic (exact) mass is 373 g/mol. The van der Waals surface area contributed by atoms with Crippen molar-refractivity contribution in [3.63, 3.8) is 0 Å². The Morgan fingerprint density at radius 2 is 2.00 bits per heavy atom. The van der Waals surface area contributed by atoms with Gasteiger partial charge in [-0.3, -0.25) is 9.89 Å². The van der Waals surface area contributed by atoms with E-state index in [2.05, 4.69) is 25.4 Å². The Hall–Kier alpha value is -2.61. The third-order valence-electron chi connectivity index (χ3n) is 4.82. The van der Waals surface area contributed by atoms with E-state index in [0.29, 0.717) is 24.1 Å². The molecule has 1 aliphatic heterocycles. The molecule has 1 aromatic carbocycles. The number of carbonyl (C=O) groups excluding carboxylic acids is 1. The molecule has 4 N–H and O–H groups in total. The van der Waals surface area contributed by atoms with Crippen LogP contribution in [-0.4, -0.2) is 62.4 Å². The highest BCUT2D eigenvalue weighted by atomic mass is 16.3. The van der Waals surface area contributed by atoms with Crippen molar-refractivity contribution < 1.29 is 15.0 Å². The predicted octanol–water partition coefficient (Wildman–Crippen LogP) is 2.05. The summed E-state index contributed by atoms with van der Waals surface area (Å²) in [5.74, 6) is -0.0651. The van der Waals surface area contributed by atoms with E-state index in [0.717, 1.165) is 26.1 Å². The number of phenolic OH excluding ortho intramolecular Hbond substituents is 2. The Kier molecular flexibility index (Phi) is 6.28. The number of carbonyl (C=O) groups is 1. The molecule has 27 heavy (non-hydrogen) atoms. The second-order valence-electron chi connectivity index (χ2n) is 6.91. The Morgan fingerprint density at radius 3 is 2.74 bits per heavy atom. The van der Waals surface area contributed by atoms with Crippen molar-refractivity contribution in [3.8, 4) is 22.9 Å². The largest absolute Gasteiger partial charge is 0.508 e. The van der Waals surface area contributed by atoms with Crippen LogP contribution in [0, 0.1) is 0 Å². The van der Waals surface area contributed by atoms with Crippen LogP contribution in [0.1, 0.15) is 48.8 Å². The van der Waals surface area contributed by atoms with E-state index in [1.807, 2.05) is 6.92 Å². The molecule has 1 aliphatic rings. The molecule has 8 nitrogen and oxygen atoms in total. The minimum absolute atomic E-state index is 0.0457. The SMILES string of the molecule is CCCc1cc(-c2n[nH]c(C(=O)NCCN3CCCCC3)n2)c(O)cc1O. The average Bonchev–Trinajstić information content (AvgIpc) is 3.15. The van der Waals surface area contributed by atoms with Crippen LogP contribution in [0.25, 0.3) is 11.4 Å². The first-order valence-corrected chi connectivity index (χ1v) is 9.56. The number of aromatic nitrogens is 3. The van der Waals surface area contributed by atoms with Gasteiger partial charge in [-0.1, -0.05) is 19.8 Å². The van der Waals surface area contributed by atoms with Crippen molar-refractivity contribution in [2.45, 2.75) is 39.0 Å². The zero-order valence-corrected chi connectivity index (χ0v) is 15.7. The second-order valence-corrected chi connectivity index (χ2v) is 6.91. The number of aromatic amines is 1. The predicted molar refractivity (Wildman–Crippen MR) is 102 cm³/mol. The number of nitrogens with zero attached hydrogens (tertiary/aromatic N) is 3. The normalized spacial score (nSPS) is 15.0. The van der Waals surface area contributed by atoms with Crippen molar-refractivity contribution in [2.24, 2.45) is 0 Å². The highest BCUT2D eigenvalue weighted by Gasteiger charge is 2.17. The molecule has 2 heterocycles.